The van der Waals surface area contributed by atoms with Gasteiger partial charge in [-0.15, -0.1) is 0 Å². The number of aliphatic hydroxyl groups is 1. The van der Waals surface area contributed by atoms with Crippen molar-refractivity contribution in [2.45, 2.75) is 78.2 Å². The van der Waals surface area contributed by atoms with Gasteiger partial charge in [-0.2, -0.15) is 4.98 Å². The Hall–Kier alpha value is -4.29. The number of carboxylic acids is 1. The normalized spacial score (nSPS) is 17.2. The molecule has 1 aliphatic rings. The van der Waals surface area contributed by atoms with Crippen molar-refractivity contribution in [1.29, 1.82) is 0 Å². The lowest BCUT2D eigenvalue weighted by Crippen LogP contribution is -2.44. The monoisotopic (exact) mass is 605 g/mol. The summed E-state index contributed by atoms with van der Waals surface area (Å²) in [6, 6.07) is 8.54. The van der Waals surface area contributed by atoms with Gasteiger partial charge in [0.05, 0.1) is 17.8 Å². The van der Waals surface area contributed by atoms with Crippen LogP contribution in [0, 0.1) is 5.41 Å². The SMILES string of the molecule is CCn1c2c(c3cc(-c4noc(C[C@H](NC(=O)OC(C)(C)C)C(=O)O)n4)ccc31)C(C(C)(C)CO)[C@H](OC)c1ncccc1-2. The van der Waals surface area contributed by atoms with Gasteiger partial charge in [0.15, 0.2) is 0 Å². The number of ether oxygens (including phenoxy) is 2. The number of carbonyl (C=O) groups excluding carboxylic acids is 1. The van der Waals surface area contributed by atoms with Gasteiger partial charge in [0.25, 0.3) is 0 Å². The number of nitrogens with zero attached hydrogens (tertiary/aromatic N) is 4. The molecule has 1 aromatic carbocycles. The number of benzene rings is 1. The summed E-state index contributed by atoms with van der Waals surface area (Å²) >= 11 is 0. The van der Waals surface area contributed by atoms with E-state index in [1.807, 2.05) is 38.1 Å². The number of aryl methyl sites for hydroxylation is 1. The highest BCUT2D eigenvalue weighted by Gasteiger charge is 2.46. The molecular weight excluding hydrogens is 566 g/mol. The molecule has 12 heteroatoms. The molecule has 44 heavy (non-hydrogen) atoms. The van der Waals surface area contributed by atoms with Gasteiger partial charge in [-0.05, 0) is 69.0 Å². The number of carboxylic acid groups (broad SMARTS) is 1. The Bertz CT molecular complexity index is 1700. The fourth-order valence-electron chi connectivity index (χ4n) is 6.03. The molecule has 1 unspecified atom stereocenters. The van der Waals surface area contributed by atoms with Gasteiger partial charge in [0.2, 0.25) is 11.7 Å². The van der Waals surface area contributed by atoms with Crippen LogP contribution in [0.15, 0.2) is 41.1 Å². The van der Waals surface area contributed by atoms with Crippen LogP contribution < -0.4 is 5.32 Å². The minimum atomic E-state index is -1.33. The predicted molar refractivity (Wildman–Crippen MR) is 162 cm³/mol. The summed E-state index contributed by atoms with van der Waals surface area (Å²) in [4.78, 5) is 33.3. The Morgan fingerprint density at radius 3 is 2.57 bits per heavy atom. The van der Waals surface area contributed by atoms with E-state index in [1.54, 1.807) is 34.1 Å². The molecule has 234 valence electrons. The summed E-state index contributed by atoms with van der Waals surface area (Å²) in [6.07, 6.45) is 0.300. The molecule has 1 aliphatic carbocycles. The number of methoxy groups -OCH3 is 1. The van der Waals surface area contributed by atoms with Gasteiger partial charge in [-0.3, -0.25) is 4.98 Å². The van der Waals surface area contributed by atoms with E-state index in [4.69, 9.17) is 19.0 Å². The number of carbonyl (C=O) groups is 2. The molecule has 0 saturated carbocycles. The number of fused-ring (bicyclic) bond motifs is 5. The van der Waals surface area contributed by atoms with Gasteiger partial charge in [-0.25, -0.2) is 9.59 Å². The minimum Gasteiger partial charge on any atom is -0.480 e. The Morgan fingerprint density at radius 1 is 1.18 bits per heavy atom. The number of aliphatic carboxylic acids is 1. The van der Waals surface area contributed by atoms with Crippen molar-refractivity contribution < 1.29 is 33.8 Å². The van der Waals surface area contributed by atoms with Crippen molar-refractivity contribution in [2.24, 2.45) is 5.41 Å². The van der Waals surface area contributed by atoms with Gasteiger partial charge < -0.3 is 34.1 Å². The van der Waals surface area contributed by atoms with E-state index in [1.165, 1.54) is 0 Å². The summed E-state index contributed by atoms with van der Waals surface area (Å²) < 4.78 is 19.0. The molecule has 0 radical (unpaired) electrons. The quantitative estimate of drug-likeness (QED) is 0.234. The standard InChI is InChI=1S/C32H39N5O7/c1-8-37-21-12-11-17(28-35-22(44-36-28)15-20(29(39)40)34-30(41)43-31(2,3)4)14-19(21)23-24(32(5,6)16-38)27(42-7)25-18(26(23)37)10-9-13-33-25/h9-14,20,24,27,38H,8,15-16H2,1-7H3,(H,34,41)(H,39,40)/t20-,24?,27-/m0/s1. The highest BCUT2D eigenvalue weighted by Crippen LogP contribution is 2.56. The summed E-state index contributed by atoms with van der Waals surface area (Å²) in [7, 11) is 1.67. The Balaban J connectivity index is 1.58. The van der Waals surface area contributed by atoms with Crippen LogP contribution in [0.4, 0.5) is 4.79 Å². The molecule has 4 aromatic rings. The number of pyridine rings is 1. The molecule has 3 aromatic heterocycles. The van der Waals surface area contributed by atoms with E-state index in [0.29, 0.717) is 12.1 Å². The topological polar surface area (TPSA) is 162 Å². The molecule has 12 nitrogen and oxygen atoms in total. The number of aromatic nitrogens is 4. The predicted octanol–water partition coefficient (Wildman–Crippen LogP) is 5.10. The molecule has 3 atom stereocenters. The van der Waals surface area contributed by atoms with Crippen LogP contribution in [0.5, 0.6) is 0 Å². The minimum absolute atomic E-state index is 0.0513. The number of amides is 1. The molecule has 0 saturated heterocycles. The van der Waals surface area contributed by atoms with Crippen LogP contribution in [0.1, 0.15) is 70.7 Å². The second-order valence-corrected chi connectivity index (χ2v) is 12.7. The lowest BCUT2D eigenvalue weighted by atomic mass is 9.67. The van der Waals surface area contributed by atoms with Crippen LogP contribution in [-0.2, 0) is 27.2 Å². The van der Waals surface area contributed by atoms with E-state index in [0.717, 1.165) is 33.4 Å². The molecular formula is C32H39N5O7. The van der Waals surface area contributed by atoms with Crippen molar-refractivity contribution >= 4 is 23.0 Å². The molecule has 0 spiro atoms. The van der Waals surface area contributed by atoms with Crippen molar-refractivity contribution in [2.75, 3.05) is 13.7 Å². The Kier molecular flexibility index (Phi) is 8.25. The lowest BCUT2D eigenvalue weighted by molar-refractivity contribution is -0.139. The van der Waals surface area contributed by atoms with Crippen LogP contribution in [0.25, 0.3) is 33.5 Å². The van der Waals surface area contributed by atoms with Gasteiger partial charge in [0.1, 0.15) is 17.7 Å². The molecule has 5 rings (SSSR count). The van der Waals surface area contributed by atoms with E-state index in [-0.39, 0.29) is 36.8 Å². The maximum atomic E-state index is 12.2. The number of alkyl carbamates (subject to hydrolysis) is 1. The van der Waals surface area contributed by atoms with E-state index < -0.39 is 29.1 Å². The zero-order chi connectivity index (χ0) is 32.0. The van der Waals surface area contributed by atoms with Crippen molar-refractivity contribution in [3.63, 3.8) is 0 Å². The second-order valence-electron chi connectivity index (χ2n) is 12.7. The smallest absolute Gasteiger partial charge is 0.408 e. The Labute approximate surface area is 255 Å². The largest absolute Gasteiger partial charge is 0.480 e. The highest BCUT2D eigenvalue weighted by molar-refractivity contribution is 5.96. The van der Waals surface area contributed by atoms with Gasteiger partial charge in [0, 0.05) is 54.4 Å². The van der Waals surface area contributed by atoms with Crippen molar-refractivity contribution in [3.8, 4) is 22.6 Å². The van der Waals surface area contributed by atoms with E-state index >= 15 is 0 Å². The van der Waals surface area contributed by atoms with Gasteiger partial charge >= 0.3 is 12.1 Å². The zero-order valence-corrected chi connectivity index (χ0v) is 26.0. The summed E-state index contributed by atoms with van der Waals surface area (Å²) in [5.41, 5.74) is 4.23. The highest BCUT2D eigenvalue weighted by atomic mass is 16.6. The molecule has 3 heterocycles. The van der Waals surface area contributed by atoms with E-state index in [9.17, 15) is 19.8 Å². The summed E-state index contributed by atoms with van der Waals surface area (Å²) in [5.74, 6) is -1.16. The fraction of sp³-hybridized carbons (Fsp3) is 0.469. The van der Waals surface area contributed by atoms with Crippen molar-refractivity contribution in [1.82, 2.24) is 25.0 Å². The van der Waals surface area contributed by atoms with Crippen LogP contribution in [0.2, 0.25) is 0 Å². The molecule has 3 N–H and O–H groups in total. The average Bonchev–Trinajstić information content (AvgIpc) is 3.57. The molecule has 0 fully saturated rings. The summed E-state index contributed by atoms with van der Waals surface area (Å²) in [6.45, 7) is 11.8. The van der Waals surface area contributed by atoms with Crippen LogP contribution in [0.3, 0.4) is 0 Å². The first-order valence-corrected chi connectivity index (χ1v) is 14.6. The first-order valence-electron chi connectivity index (χ1n) is 14.6. The number of aliphatic hydroxyl groups excluding tert-OH is 1. The summed E-state index contributed by atoms with van der Waals surface area (Å²) in [5, 5.41) is 27.7. The van der Waals surface area contributed by atoms with Crippen LogP contribution >= 0.6 is 0 Å². The number of rotatable bonds is 9. The third-order valence-electron chi connectivity index (χ3n) is 7.99. The van der Waals surface area contributed by atoms with Crippen LogP contribution in [-0.4, -0.2) is 67.3 Å². The molecule has 0 bridgehead atoms. The lowest BCUT2D eigenvalue weighted by Gasteiger charge is -2.41. The number of nitrogens with one attached hydrogen (secondary N) is 1. The number of hydrogen-bond donors (Lipinski definition) is 3. The van der Waals surface area contributed by atoms with Crippen molar-refractivity contribution in [3.05, 3.63) is 53.7 Å². The molecule has 0 aliphatic heterocycles. The van der Waals surface area contributed by atoms with E-state index in [2.05, 4.69) is 33.0 Å². The fourth-order valence-corrected chi connectivity index (χ4v) is 6.03. The number of hydrogen-bond acceptors (Lipinski definition) is 9. The maximum absolute atomic E-state index is 12.2. The maximum Gasteiger partial charge on any atom is 0.408 e. The third kappa shape index (κ3) is 5.67. The van der Waals surface area contributed by atoms with Gasteiger partial charge in [-0.1, -0.05) is 19.0 Å². The average molecular weight is 606 g/mol. The first kappa shape index (κ1) is 31.1. The zero-order valence-electron chi connectivity index (χ0n) is 26.0. The third-order valence-corrected chi connectivity index (χ3v) is 7.99. The Morgan fingerprint density at radius 2 is 1.93 bits per heavy atom. The first-order chi connectivity index (χ1) is 20.8. The molecule has 1 amide bonds. The second kappa shape index (κ2) is 11.7.